The number of ether oxygens (including phenoxy) is 1. The minimum Gasteiger partial charge on any atom is -0.497 e. The van der Waals surface area contributed by atoms with Crippen LogP contribution in [-0.2, 0) is 16.6 Å². The van der Waals surface area contributed by atoms with Gasteiger partial charge in [-0.05, 0) is 26.0 Å². The van der Waals surface area contributed by atoms with Crippen LogP contribution in [0.15, 0.2) is 33.7 Å². The number of hydrogen-bond donors (Lipinski definition) is 0. The molecule has 2 heterocycles. The average molecular weight is 365 g/mol. The van der Waals surface area contributed by atoms with Crippen LogP contribution in [0.1, 0.15) is 17.0 Å². The van der Waals surface area contributed by atoms with E-state index in [1.165, 1.54) is 11.4 Å². The maximum Gasteiger partial charge on any atom is 0.243 e. The Kier molecular flexibility index (Phi) is 5.12. The summed E-state index contributed by atoms with van der Waals surface area (Å²) in [6.07, 6.45) is 0. The van der Waals surface area contributed by atoms with Crippen LogP contribution in [0.2, 0.25) is 0 Å². The summed E-state index contributed by atoms with van der Waals surface area (Å²) >= 11 is 0. The average Bonchev–Trinajstić information content (AvgIpc) is 2.94. The second-order valence-corrected chi connectivity index (χ2v) is 8.10. The Bertz CT molecular complexity index is 820. The van der Waals surface area contributed by atoms with E-state index in [4.69, 9.17) is 9.26 Å². The van der Waals surface area contributed by atoms with Crippen molar-refractivity contribution in [3.8, 4) is 5.75 Å². The Morgan fingerprint density at radius 3 is 2.52 bits per heavy atom. The predicted molar refractivity (Wildman–Crippen MR) is 93.0 cm³/mol. The zero-order valence-corrected chi connectivity index (χ0v) is 15.5. The van der Waals surface area contributed by atoms with Gasteiger partial charge in [-0.25, -0.2) is 8.42 Å². The standard InChI is InChI=1S/C17H23N3O4S/c1-13-17(14(2)24-18-13)12-19-7-9-20(10-8-19)25(21,22)16-6-4-5-15(11-16)23-3/h4-6,11H,7-10,12H2,1-3H3. The molecule has 0 amide bonds. The third-order valence-electron chi connectivity index (χ3n) is 4.57. The van der Waals surface area contributed by atoms with Crippen molar-refractivity contribution in [1.82, 2.24) is 14.4 Å². The molecule has 0 radical (unpaired) electrons. The van der Waals surface area contributed by atoms with Crippen LogP contribution in [0.4, 0.5) is 0 Å². The van der Waals surface area contributed by atoms with E-state index in [1.807, 2.05) is 13.8 Å². The molecule has 1 fully saturated rings. The molecule has 25 heavy (non-hydrogen) atoms. The summed E-state index contributed by atoms with van der Waals surface area (Å²) in [6, 6.07) is 6.60. The molecular formula is C17H23N3O4S. The summed E-state index contributed by atoms with van der Waals surface area (Å²) in [5.41, 5.74) is 1.98. The molecule has 3 rings (SSSR count). The SMILES string of the molecule is COc1cccc(S(=O)(=O)N2CCN(Cc3c(C)noc3C)CC2)c1. The van der Waals surface area contributed by atoms with Gasteiger partial charge < -0.3 is 9.26 Å². The zero-order chi connectivity index (χ0) is 18.0. The van der Waals surface area contributed by atoms with Crippen LogP contribution in [-0.4, -0.2) is 56.1 Å². The van der Waals surface area contributed by atoms with Crippen molar-refractivity contribution in [2.24, 2.45) is 0 Å². The van der Waals surface area contributed by atoms with Crippen molar-refractivity contribution in [2.75, 3.05) is 33.3 Å². The van der Waals surface area contributed by atoms with E-state index in [2.05, 4.69) is 10.1 Å². The fourth-order valence-corrected chi connectivity index (χ4v) is 4.45. The number of nitrogens with zero attached hydrogens (tertiary/aromatic N) is 3. The monoisotopic (exact) mass is 365 g/mol. The molecule has 1 aromatic carbocycles. The first-order chi connectivity index (χ1) is 11.9. The van der Waals surface area contributed by atoms with Crippen LogP contribution >= 0.6 is 0 Å². The molecular weight excluding hydrogens is 342 g/mol. The van der Waals surface area contributed by atoms with Gasteiger partial charge in [0.15, 0.2) is 0 Å². The third kappa shape index (κ3) is 3.70. The lowest BCUT2D eigenvalue weighted by Gasteiger charge is -2.33. The molecule has 0 saturated carbocycles. The highest BCUT2D eigenvalue weighted by atomic mass is 32.2. The van der Waals surface area contributed by atoms with Gasteiger partial charge in [0, 0.05) is 44.4 Å². The molecule has 1 aromatic heterocycles. The lowest BCUT2D eigenvalue weighted by Crippen LogP contribution is -2.48. The van der Waals surface area contributed by atoms with Crippen LogP contribution in [0, 0.1) is 13.8 Å². The lowest BCUT2D eigenvalue weighted by molar-refractivity contribution is 0.180. The Hall–Kier alpha value is -1.90. The van der Waals surface area contributed by atoms with Crippen molar-refractivity contribution in [3.05, 3.63) is 41.3 Å². The number of hydrogen-bond acceptors (Lipinski definition) is 6. The van der Waals surface area contributed by atoms with Gasteiger partial charge in [-0.3, -0.25) is 4.90 Å². The highest BCUT2D eigenvalue weighted by molar-refractivity contribution is 7.89. The first-order valence-electron chi connectivity index (χ1n) is 8.20. The van der Waals surface area contributed by atoms with Gasteiger partial charge in [0.1, 0.15) is 11.5 Å². The van der Waals surface area contributed by atoms with Crippen molar-refractivity contribution < 1.29 is 17.7 Å². The molecule has 0 atom stereocenters. The molecule has 1 saturated heterocycles. The molecule has 1 aliphatic heterocycles. The van der Waals surface area contributed by atoms with Gasteiger partial charge in [-0.15, -0.1) is 0 Å². The molecule has 0 N–H and O–H groups in total. The lowest BCUT2D eigenvalue weighted by atomic mass is 10.2. The topological polar surface area (TPSA) is 75.9 Å². The van der Waals surface area contributed by atoms with Crippen molar-refractivity contribution in [1.29, 1.82) is 0 Å². The number of rotatable bonds is 5. The highest BCUT2D eigenvalue weighted by Crippen LogP contribution is 2.23. The summed E-state index contributed by atoms with van der Waals surface area (Å²) < 4.78 is 37.5. The molecule has 8 heteroatoms. The van der Waals surface area contributed by atoms with Gasteiger partial charge in [0.25, 0.3) is 0 Å². The van der Waals surface area contributed by atoms with Crippen LogP contribution < -0.4 is 4.74 Å². The fourth-order valence-electron chi connectivity index (χ4n) is 2.99. The minimum atomic E-state index is -3.50. The molecule has 2 aromatic rings. The Balaban J connectivity index is 1.67. The van der Waals surface area contributed by atoms with Gasteiger partial charge in [0.2, 0.25) is 10.0 Å². The summed E-state index contributed by atoms with van der Waals surface area (Å²) in [5.74, 6) is 1.36. The summed E-state index contributed by atoms with van der Waals surface area (Å²) in [6.45, 7) is 6.83. The molecule has 0 aliphatic carbocycles. The minimum absolute atomic E-state index is 0.269. The number of sulfonamides is 1. The third-order valence-corrected chi connectivity index (χ3v) is 6.47. The number of aromatic nitrogens is 1. The van der Waals surface area contributed by atoms with E-state index in [0.29, 0.717) is 31.9 Å². The van der Waals surface area contributed by atoms with Gasteiger partial charge in [-0.2, -0.15) is 4.31 Å². The number of methoxy groups -OCH3 is 1. The summed E-state index contributed by atoms with van der Waals surface area (Å²) in [5, 5.41) is 3.97. The predicted octanol–water partition coefficient (Wildman–Crippen LogP) is 1.81. The number of piperazine rings is 1. The fraction of sp³-hybridized carbons (Fsp3) is 0.471. The summed E-state index contributed by atoms with van der Waals surface area (Å²) in [4.78, 5) is 2.50. The molecule has 7 nitrogen and oxygen atoms in total. The zero-order valence-electron chi connectivity index (χ0n) is 14.7. The summed E-state index contributed by atoms with van der Waals surface area (Å²) in [7, 11) is -1.97. The van der Waals surface area contributed by atoms with E-state index in [-0.39, 0.29) is 4.90 Å². The normalized spacial score (nSPS) is 16.9. The Morgan fingerprint density at radius 1 is 1.20 bits per heavy atom. The highest BCUT2D eigenvalue weighted by Gasteiger charge is 2.29. The Morgan fingerprint density at radius 2 is 1.92 bits per heavy atom. The van der Waals surface area contributed by atoms with E-state index >= 15 is 0 Å². The smallest absolute Gasteiger partial charge is 0.243 e. The molecule has 136 valence electrons. The quantitative estimate of drug-likeness (QED) is 0.804. The second-order valence-electron chi connectivity index (χ2n) is 6.16. The number of benzene rings is 1. The van der Waals surface area contributed by atoms with Crippen molar-refractivity contribution in [2.45, 2.75) is 25.3 Å². The number of aryl methyl sites for hydroxylation is 2. The molecule has 0 bridgehead atoms. The Labute approximate surface area is 148 Å². The largest absolute Gasteiger partial charge is 0.497 e. The second kappa shape index (κ2) is 7.15. The van der Waals surface area contributed by atoms with Crippen molar-refractivity contribution in [3.63, 3.8) is 0 Å². The maximum atomic E-state index is 12.8. The first kappa shape index (κ1) is 17.9. The molecule has 1 aliphatic rings. The van der Waals surface area contributed by atoms with Gasteiger partial charge in [0.05, 0.1) is 17.7 Å². The van der Waals surface area contributed by atoms with E-state index in [1.54, 1.807) is 24.3 Å². The molecule has 0 unspecified atom stereocenters. The first-order valence-corrected chi connectivity index (χ1v) is 9.64. The van der Waals surface area contributed by atoms with Gasteiger partial charge in [-0.1, -0.05) is 11.2 Å². The van der Waals surface area contributed by atoms with E-state index in [0.717, 1.165) is 23.6 Å². The maximum absolute atomic E-state index is 12.8. The molecule has 0 spiro atoms. The van der Waals surface area contributed by atoms with Gasteiger partial charge >= 0.3 is 0 Å². The van der Waals surface area contributed by atoms with E-state index in [9.17, 15) is 8.42 Å². The van der Waals surface area contributed by atoms with Crippen LogP contribution in [0.25, 0.3) is 0 Å². The van der Waals surface area contributed by atoms with Crippen LogP contribution in [0.5, 0.6) is 5.75 Å². The van der Waals surface area contributed by atoms with E-state index < -0.39 is 10.0 Å². The van der Waals surface area contributed by atoms with Crippen LogP contribution in [0.3, 0.4) is 0 Å². The van der Waals surface area contributed by atoms with Crippen molar-refractivity contribution >= 4 is 10.0 Å².